The molecule has 66 valence electrons. The number of rotatable bonds is 0. The van der Waals surface area contributed by atoms with Crippen molar-refractivity contribution >= 4 is 59.6 Å². The van der Waals surface area contributed by atoms with Gasteiger partial charge in [-0.05, 0) is 12.1 Å². The van der Waals surface area contributed by atoms with Crippen molar-refractivity contribution in [3.8, 4) is 0 Å². The SMILES string of the molecule is O.O=[PH](O)O.[KH].c1ccncc1. The van der Waals surface area contributed by atoms with Gasteiger partial charge in [0.2, 0.25) is 0 Å². The van der Waals surface area contributed by atoms with Gasteiger partial charge in [0.05, 0.1) is 0 Å². The predicted octanol–water partition coefficient (Wildman–Crippen LogP) is -1.03. The Labute approximate surface area is 114 Å². The van der Waals surface area contributed by atoms with Gasteiger partial charge in [-0.2, -0.15) is 0 Å². The molecule has 0 spiro atoms. The molecular formula is C5H11KNO4P. The molecule has 0 aliphatic carbocycles. The summed E-state index contributed by atoms with van der Waals surface area (Å²) < 4.78 is 8.74. The molecule has 1 rings (SSSR count). The van der Waals surface area contributed by atoms with Crippen molar-refractivity contribution in [1.29, 1.82) is 0 Å². The molecule has 0 unspecified atom stereocenters. The molecule has 0 amide bonds. The smallest absolute Gasteiger partial charge is 0.0267 e. The molecule has 0 bridgehead atoms. The van der Waals surface area contributed by atoms with Crippen molar-refractivity contribution in [1.82, 2.24) is 4.98 Å². The average molecular weight is 219 g/mol. The normalized spacial score (nSPS) is 6.92. The topological polar surface area (TPSA) is 102 Å². The third kappa shape index (κ3) is 22.4. The van der Waals surface area contributed by atoms with Crippen LogP contribution in [0.5, 0.6) is 0 Å². The van der Waals surface area contributed by atoms with Crippen molar-refractivity contribution in [3.63, 3.8) is 0 Å². The molecule has 1 aromatic heterocycles. The monoisotopic (exact) mass is 219 g/mol. The molecule has 12 heavy (non-hydrogen) atoms. The fourth-order valence-electron chi connectivity index (χ4n) is 0.313. The van der Waals surface area contributed by atoms with Gasteiger partial charge in [0.1, 0.15) is 0 Å². The second-order valence-corrected chi connectivity index (χ2v) is 1.87. The van der Waals surface area contributed by atoms with Gasteiger partial charge < -0.3 is 15.3 Å². The third-order valence-corrected chi connectivity index (χ3v) is 0.566. The predicted molar refractivity (Wildman–Crippen MR) is 48.4 cm³/mol. The van der Waals surface area contributed by atoms with Crippen LogP contribution < -0.4 is 0 Å². The van der Waals surface area contributed by atoms with Crippen LogP contribution in [0, 0.1) is 0 Å². The molecular weight excluding hydrogens is 208 g/mol. The quantitative estimate of drug-likeness (QED) is 0.430. The molecule has 0 atom stereocenters. The molecule has 5 nitrogen and oxygen atoms in total. The van der Waals surface area contributed by atoms with Gasteiger partial charge in [-0.1, -0.05) is 6.07 Å². The van der Waals surface area contributed by atoms with E-state index in [2.05, 4.69) is 4.98 Å². The van der Waals surface area contributed by atoms with E-state index in [9.17, 15) is 0 Å². The number of pyridine rings is 1. The summed E-state index contributed by atoms with van der Waals surface area (Å²) in [6.07, 6.45) is 3.50. The van der Waals surface area contributed by atoms with E-state index in [1.807, 2.05) is 18.2 Å². The van der Waals surface area contributed by atoms with Crippen LogP contribution in [0.3, 0.4) is 0 Å². The Morgan fingerprint density at radius 1 is 1.08 bits per heavy atom. The molecule has 0 saturated heterocycles. The fourth-order valence-corrected chi connectivity index (χ4v) is 0.313. The van der Waals surface area contributed by atoms with Crippen LogP contribution in [0.25, 0.3) is 0 Å². The second-order valence-electron chi connectivity index (χ2n) is 1.31. The van der Waals surface area contributed by atoms with Crippen LogP contribution in [0.15, 0.2) is 30.6 Å². The summed E-state index contributed by atoms with van der Waals surface area (Å²) in [4.78, 5) is 18.1. The van der Waals surface area contributed by atoms with Gasteiger partial charge in [-0.15, -0.1) is 0 Å². The largest absolute Gasteiger partial charge is 0.265 e. The van der Waals surface area contributed by atoms with Gasteiger partial charge in [0.25, 0.3) is 0 Å². The summed E-state index contributed by atoms with van der Waals surface area (Å²) >= 11 is 0. The van der Waals surface area contributed by atoms with Crippen molar-refractivity contribution in [2.24, 2.45) is 0 Å². The number of hydrogen-bond acceptors (Lipinski definition) is 2. The maximum absolute atomic E-state index is 8.74. The maximum Gasteiger partial charge on any atom is 0.0267 e. The van der Waals surface area contributed by atoms with Gasteiger partial charge in [0.15, 0.2) is 0 Å². The van der Waals surface area contributed by atoms with Crippen LogP contribution >= 0.6 is 8.25 Å². The first-order valence-corrected chi connectivity index (χ1v) is 3.80. The van der Waals surface area contributed by atoms with Crippen LogP contribution in [0.1, 0.15) is 0 Å². The zero-order valence-corrected chi connectivity index (χ0v) is 6.64. The van der Waals surface area contributed by atoms with Crippen molar-refractivity contribution in [3.05, 3.63) is 30.6 Å². The van der Waals surface area contributed by atoms with E-state index in [4.69, 9.17) is 14.4 Å². The molecule has 1 aromatic rings. The Hall–Kier alpha value is 0.896. The molecule has 0 aliphatic heterocycles. The van der Waals surface area contributed by atoms with Crippen LogP contribution in [-0.2, 0) is 4.57 Å². The Bertz CT molecular complexity index is 155. The molecule has 0 aliphatic rings. The third-order valence-electron chi connectivity index (χ3n) is 0.566. The van der Waals surface area contributed by atoms with Crippen molar-refractivity contribution in [2.45, 2.75) is 0 Å². The molecule has 1 heterocycles. The van der Waals surface area contributed by atoms with Crippen molar-refractivity contribution < 1.29 is 19.8 Å². The van der Waals surface area contributed by atoms with E-state index < -0.39 is 8.25 Å². The van der Waals surface area contributed by atoms with Crippen LogP contribution in [-0.4, -0.2) is 71.6 Å². The number of hydrogen-bond donors (Lipinski definition) is 2. The summed E-state index contributed by atoms with van der Waals surface area (Å²) in [6.45, 7) is 0. The Kier molecular flexibility index (Phi) is 22.4. The summed E-state index contributed by atoms with van der Waals surface area (Å²) in [7, 11) is -3.13. The van der Waals surface area contributed by atoms with Crippen LogP contribution in [0.2, 0.25) is 0 Å². The van der Waals surface area contributed by atoms with E-state index >= 15 is 0 Å². The molecule has 7 heteroatoms. The van der Waals surface area contributed by atoms with E-state index in [0.717, 1.165) is 0 Å². The van der Waals surface area contributed by atoms with E-state index in [1.54, 1.807) is 12.4 Å². The first-order chi connectivity index (χ1) is 4.73. The Balaban J connectivity index is -0.000000124. The molecule has 4 N–H and O–H groups in total. The summed E-state index contributed by atoms with van der Waals surface area (Å²) in [6, 6.07) is 5.72. The number of aromatic nitrogens is 1. The van der Waals surface area contributed by atoms with Gasteiger partial charge in [-0.3, -0.25) is 9.55 Å². The summed E-state index contributed by atoms with van der Waals surface area (Å²) in [5.41, 5.74) is 0. The zero-order valence-electron chi connectivity index (χ0n) is 5.64. The van der Waals surface area contributed by atoms with E-state index in [0.29, 0.717) is 0 Å². The Morgan fingerprint density at radius 2 is 1.42 bits per heavy atom. The first-order valence-electron chi connectivity index (χ1n) is 2.50. The fraction of sp³-hybridized carbons (Fsp3) is 0. The minimum Gasteiger partial charge on any atom is -0.265 e. The Morgan fingerprint density at radius 3 is 1.50 bits per heavy atom. The minimum absolute atomic E-state index is 0. The summed E-state index contributed by atoms with van der Waals surface area (Å²) in [5, 5.41) is 0. The first kappa shape index (κ1) is 18.6. The maximum atomic E-state index is 8.74. The zero-order chi connectivity index (χ0) is 7.82. The summed E-state index contributed by atoms with van der Waals surface area (Å²) in [5.74, 6) is 0. The van der Waals surface area contributed by atoms with E-state index in [1.165, 1.54) is 0 Å². The number of nitrogens with zero attached hydrogens (tertiary/aromatic N) is 1. The molecule has 0 radical (unpaired) electrons. The van der Waals surface area contributed by atoms with Gasteiger partial charge >= 0.3 is 59.6 Å². The molecule has 0 aromatic carbocycles. The van der Waals surface area contributed by atoms with Crippen molar-refractivity contribution in [2.75, 3.05) is 0 Å². The van der Waals surface area contributed by atoms with Gasteiger partial charge in [0, 0.05) is 12.4 Å². The average Bonchev–Trinajstić information content (AvgIpc) is 1.90. The minimum atomic E-state index is -3.13. The van der Waals surface area contributed by atoms with E-state index in [-0.39, 0.29) is 56.9 Å². The molecule has 0 saturated carbocycles. The standard InChI is InChI=1S/C5H5N.K.H3O3P.H2O.H/c1-2-4-6-5-3-1;;1-4(2)3;;/h1-5H;;4H,(H2,1,2,3);1H2;. The molecule has 0 fully saturated rings. The van der Waals surface area contributed by atoms with Crippen LogP contribution in [0.4, 0.5) is 0 Å². The van der Waals surface area contributed by atoms with Gasteiger partial charge in [-0.25, -0.2) is 0 Å². The second kappa shape index (κ2) is 14.4.